The third kappa shape index (κ3) is 4.77. The molecule has 0 aromatic heterocycles. The van der Waals surface area contributed by atoms with E-state index in [0.29, 0.717) is 26.2 Å². The van der Waals surface area contributed by atoms with Crippen LogP contribution in [0.5, 0.6) is 0 Å². The molecule has 0 radical (unpaired) electrons. The van der Waals surface area contributed by atoms with Gasteiger partial charge in [0.2, 0.25) is 5.91 Å². The van der Waals surface area contributed by atoms with Crippen LogP contribution in [0.3, 0.4) is 0 Å². The van der Waals surface area contributed by atoms with Crippen LogP contribution in [0.4, 0.5) is 4.79 Å². The van der Waals surface area contributed by atoms with E-state index in [9.17, 15) is 9.59 Å². The van der Waals surface area contributed by atoms with E-state index in [0.717, 1.165) is 19.4 Å². The predicted octanol–water partition coefficient (Wildman–Crippen LogP) is 2.15. The zero-order valence-corrected chi connectivity index (χ0v) is 16.6. The summed E-state index contributed by atoms with van der Waals surface area (Å²) in [6.45, 7) is 3.17. The quantitative estimate of drug-likeness (QED) is 0.730. The van der Waals surface area contributed by atoms with Crippen molar-refractivity contribution in [3.8, 4) is 0 Å². The number of nitrogens with one attached hydrogen (secondary N) is 3. The second-order valence-electron chi connectivity index (χ2n) is 7.68. The summed E-state index contributed by atoms with van der Waals surface area (Å²) < 4.78 is 0. The van der Waals surface area contributed by atoms with E-state index >= 15 is 0 Å². The Hall–Kier alpha value is -2.86. The Labute approximate surface area is 171 Å². The van der Waals surface area contributed by atoms with Gasteiger partial charge in [0.1, 0.15) is 0 Å². The summed E-state index contributed by atoms with van der Waals surface area (Å²) in [5.74, 6) is -0.0425. The highest BCUT2D eigenvalue weighted by molar-refractivity contribution is 5.78. The molecule has 0 saturated heterocycles. The Morgan fingerprint density at radius 3 is 2.59 bits per heavy atom. The second kappa shape index (κ2) is 9.09. The first-order valence-corrected chi connectivity index (χ1v) is 10.4. The van der Waals surface area contributed by atoms with Crippen LogP contribution in [0.15, 0.2) is 48.5 Å². The molecule has 0 fully saturated rings. The molecule has 2 aromatic rings. The minimum Gasteiger partial charge on any atom is -0.354 e. The molecular formula is C23H28N4O2. The molecule has 29 heavy (non-hydrogen) atoms. The summed E-state index contributed by atoms with van der Waals surface area (Å²) in [4.78, 5) is 26.4. The summed E-state index contributed by atoms with van der Waals surface area (Å²) in [6, 6.07) is 16.6. The highest BCUT2D eigenvalue weighted by atomic mass is 16.2. The number of carbonyl (C=O) groups excluding carboxylic acids is 2. The van der Waals surface area contributed by atoms with Crippen molar-refractivity contribution in [2.45, 2.75) is 31.8 Å². The molecule has 0 saturated carbocycles. The lowest BCUT2D eigenvalue weighted by molar-refractivity contribution is -0.121. The molecule has 3 N–H and O–H groups in total. The molecule has 0 spiro atoms. The number of hydrogen-bond acceptors (Lipinski definition) is 3. The van der Waals surface area contributed by atoms with Crippen molar-refractivity contribution in [2.75, 3.05) is 26.2 Å². The number of urea groups is 1. The van der Waals surface area contributed by atoms with E-state index in [4.69, 9.17) is 0 Å². The summed E-state index contributed by atoms with van der Waals surface area (Å²) >= 11 is 0. The predicted molar refractivity (Wildman–Crippen MR) is 112 cm³/mol. The maximum atomic E-state index is 12.4. The Kier molecular flexibility index (Phi) is 6.10. The zero-order chi connectivity index (χ0) is 20.1. The van der Waals surface area contributed by atoms with E-state index < -0.39 is 0 Å². The van der Waals surface area contributed by atoms with Gasteiger partial charge in [-0.25, -0.2) is 4.79 Å². The van der Waals surface area contributed by atoms with E-state index in [1.165, 1.54) is 22.3 Å². The van der Waals surface area contributed by atoms with Gasteiger partial charge in [0.25, 0.3) is 0 Å². The van der Waals surface area contributed by atoms with Crippen LogP contribution in [-0.2, 0) is 24.2 Å². The van der Waals surface area contributed by atoms with Gasteiger partial charge in [-0.05, 0) is 41.6 Å². The van der Waals surface area contributed by atoms with Crippen LogP contribution in [0, 0.1) is 0 Å². The van der Waals surface area contributed by atoms with Crippen LogP contribution < -0.4 is 16.0 Å². The number of carbonyl (C=O) groups is 2. The van der Waals surface area contributed by atoms with Crippen molar-refractivity contribution in [2.24, 2.45) is 0 Å². The molecule has 152 valence electrons. The second-order valence-corrected chi connectivity index (χ2v) is 7.68. The lowest BCUT2D eigenvalue weighted by atomic mass is 9.94. The normalized spacial score (nSPS) is 17.8. The number of nitrogens with zero attached hydrogens (tertiary/aromatic N) is 1. The first kappa shape index (κ1) is 19.5. The lowest BCUT2D eigenvalue weighted by Gasteiger charge is -2.29. The van der Waals surface area contributed by atoms with Crippen LogP contribution in [0.25, 0.3) is 0 Å². The third-order valence-electron chi connectivity index (χ3n) is 5.77. The van der Waals surface area contributed by atoms with E-state index in [-0.39, 0.29) is 24.4 Å². The fraction of sp³-hybridized carbons (Fsp3) is 0.391. The molecule has 6 nitrogen and oxygen atoms in total. The number of hydrogen-bond donors (Lipinski definition) is 3. The summed E-state index contributed by atoms with van der Waals surface area (Å²) in [5.41, 5.74) is 5.12. The van der Waals surface area contributed by atoms with E-state index in [1.54, 1.807) is 0 Å². The van der Waals surface area contributed by atoms with E-state index in [1.807, 2.05) is 23.1 Å². The molecule has 6 heteroatoms. The standard InChI is InChI=1S/C23H28N4O2/c28-22(26-15-21-20-8-4-3-6-18(20)9-12-24-21)10-13-25-23(29)27-14-11-17-5-1-2-7-19(17)16-27/h1-8,21,24H,9-16H2,(H,25,29)(H,26,28). The van der Waals surface area contributed by atoms with Gasteiger partial charge in [0.05, 0.1) is 0 Å². The third-order valence-corrected chi connectivity index (χ3v) is 5.77. The smallest absolute Gasteiger partial charge is 0.317 e. The van der Waals surface area contributed by atoms with Crippen molar-refractivity contribution in [1.29, 1.82) is 0 Å². The SMILES string of the molecule is O=C(CCNC(=O)N1CCc2ccccc2C1)NCC1NCCc2ccccc21. The maximum absolute atomic E-state index is 12.4. The van der Waals surface area contributed by atoms with Gasteiger partial charge in [0.15, 0.2) is 0 Å². The first-order valence-electron chi connectivity index (χ1n) is 10.4. The molecule has 4 rings (SSSR count). The molecular weight excluding hydrogens is 364 g/mol. The molecule has 3 amide bonds. The molecule has 1 atom stereocenters. The summed E-state index contributed by atoms with van der Waals surface area (Å²) in [6.07, 6.45) is 2.18. The van der Waals surface area contributed by atoms with Crippen molar-refractivity contribution in [3.63, 3.8) is 0 Å². The van der Waals surface area contributed by atoms with Gasteiger partial charge in [-0.2, -0.15) is 0 Å². The van der Waals surface area contributed by atoms with Gasteiger partial charge in [-0.3, -0.25) is 4.79 Å². The van der Waals surface area contributed by atoms with Crippen molar-refractivity contribution >= 4 is 11.9 Å². The Morgan fingerprint density at radius 2 is 1.72 bits per heavy atom. The van der Waals surface area contributed by atoms with Crippen molar-refractivity contribution in [3.05, 3.63) is 70.8 Å². The van der Waals surface area contributed by atoms with Crippen LogP contribution in [0.2, 0.25) is 0 Å². The highest BCUT2D eigenvalue weighted by Gasteiger charge is 2.21. The number of fused-ring (bicyclic) bond motifs is 2. The van der Waals surface area contributed by atoms with Crippen LogP contribution in [-0.4, -0.2) is 43.0 Å². The van der Waals surface area contributed by atoms with Gasteiger partial charge in [-0.1, -0.05) is 48.5 Å². The minimum atomic E-state index is -0.102. The first-order chi connectivity index (χ1) is 14.2. The maximum Gasteiger partial charge on any atom is 0.317 e. The topological polar surface area (TPSA) is 73.5 Å². The molecule has 2 aromatic carbocycles. The Balaban J connectivity index is 1.19. The van der Waals surface area contributed by atoms with E-state index in [2.05, 4.69) is 46.3 Å². The Bertz CT molecular complexity index is 883. The average Bonchev–Trinajstić information content (AvgIpc) is 2.77. The molecule has 0 bridgehead atoms. The average molecular weight is 393 g/mol. The van der Waals surface area contributed by atoms with Gasteiger partial charge >= 0.3 is 6.03 Å². The minimum absolute atomic E-state index is 0.0425. The number of benzene rings is 2. The van der Waals surface area contributed by atoms with Crippen LogP contribution >= 0.6 is 0 Å². The number of amides is 3. The molecule has 2 heterocycles. The fourth-order valence-corrected chi connectivity index (χ4v) is 4.14. The Morgan fingerprint density at radius 1 is 0.966 bits per heavy atom. The molecule has 0 aliphatic carbocycles. The molecule has 1 unspecified atom stereocenters. The molecule has 2 aliphatic rings. The zero-order valence-electron chi connectivity index (χ0n) is 16.6. The van der Waals surface area contributed by atoms with Crippen LogP contribution in [0.1, 0.15) is 34.7 Å². The summed E-state index contributed by atoms with van der Waals surface area (Å²) in [5, 5.41) is 9.34. The monoisotopic (exact) mass is 392 g/mol. The van der Waals surface area contributed by atoms with Gasteiger partial charge in [0, 0.05) is 38.6 Å². The highest BCUT2D eigenvalue weighted by Crippen LogP contribution is 2.22. The van der Waals surface area contributed by atoms with Gasteiger partial charge < -0.3 is 20.9 Å². The lowest BCUT2D eigenvalue weighted by Crippen LogP contribution is -2.44. The van der Waals surface area contributed by atoms with Crippen molar-refractivity contribution < 1.29 is 9.59 Å². The van der Waals surface area contributed by atoms with Crippen molar-refractivity contribution in [1.82, 2.24) is 20.9 Å². The van der Waals surface area contributed by atoms with Gasteiger partial charge in [-0.15, -0.1) is 0 Å². The fourth-order valence-electron chi connectivity index (χ4n) is 4.14. The number of rotatable bonds is 5. The summed E-state index contributed by atoms with van der Waals surface area (Å²) in [7, 11) is 0. The largest absolute Gasteiger partial charge is 0.354 e. The molecule has 2 aliphatic heterocycles.